The zero-order chi connectivity index (χ0) is 48.4. The van der Waals surface area contributed by atoms with E-state index < -0.39 is 67.3 Å². The maximum absolute atomic E-state index is 12.2. The van der Waals surface area contributed by atoms with E-state index >= 15 is 0 Å². The van der Waals surface area contributed by atoms with Crippen LogP contribution in [-0.2, 0) is 61.8 Å². The molecule has 0 aromatic heterocycles. The normalized spacial score (nSPS) is 30.0. The highest BCUT2D eigenvalue weighted by atomic mass is 16.8. The Balaban J connectivity index is 0.000000516. The van der Waals surface area contributed by atoms with Gasteiger partial charge in [-0.1, -0.05) is 112 Å². The first-order valence-electron chi connectivity index (χ1n) is 23.4. The first kappa shape index (κ1) is 55.2. The van der Waals surface area contributed by atoms with Crippen LogP contribution in [0.1, 0.15) is 132 Å². The van der Waals surface area contributed by atoms with Crippen LogP contribution in [0.2, 0.25) is 0 Å². The van der Waals surface area contributed by atoms with Gasteiger partial charge in [-0.3, -0.25) is 19.2 Å². The molecule has 3 aliphatic rings. The van der Waals surface area contributed by atoms with E-state index in [0.29, 0.717) is 24.2 Å². The van der Waals surface area contributed by atoms with E-state index in [9.17, 15) is 19.2 Å². The summed E-state index contributed by atoms with van der Waals surface area (Å²) in [6.07, 6.45) is -2.88. The molecule has 3 heterocycles. The van der Waals surface area contributed by atoms with Gasteiger partial charge in [-0.2, -0.15) is 0 Å². The summed E-state index contributed by atoms with van der Waals surface area (Å²) in [6.45, 7) is 25.1. The first-order valence-corrected chi connectivity index (χ1v) is 23.4. The number of esters is 4. The molecule has 5 rings (SSSR count). The largest absolute Gasteiger partial charge is 0.469 e. The van der Waals surface area contributed by atoms with Gasteiger partial charge in [0.1, 0.15) is 5.75 Å². The average molecular weight is 915 g/mol. The molecule has 0 bridgehead atoms. The molecule has 3 saturated heterocycles. The lowest BCUT2D eigenvalue weighted by Crippen LogP contribution is -2.58. The van der Waals surface area contributed by atoms with Crippen molar-refractivity contribution in [3.8, 4) is 5.75 Å². The van der Waals surface area contributed by atoms with Crippen LogP contribution in [0.4, 0.5) is 0 Å². The van der Waals surface area contributed by atoms with Gasteiger partial charge >= 0.3 is 23.9 Å². The summed E-state index contributed by atoms with van der Waals surface area (Å²) in [6, 6.07) is 18.5. The monoisotopic (exact) mass is 915 g/mol. The zero-order valence-electron chi connectivity index (χ0n) is 41.3. The quantitative estimate of drug-likeness (QED) is 0.123. The molecule has 15 unspecified atom stereocenters. The Morgan fingerprint density at radius 2 is 0.985 bits per heavy atom. The van der Waals surface area contributed by atoms with E-state index in [0.717, 1.165) is 12.8 Å². The van der Waals surface area contributed by atoms with Gasteiger partial charge in [0.2, 0.25) is 6.29 Å². The SMILES string of the molecule is CCC(C)C(=O)OC.CCC(C)c1ccc(OC2OCC(OC3OCC(OC4OCC(C)C(C)C4OC(C)=O)C(C)C3OC(C)=O)C(C)C2OC(C)=O)cc1.CCC(C)c1ccccc1. The maximum atomic E-state index is 12.2. The van der Waals surface area contributed by atoms with Crippen LogP contribution in [0, 0.1) is 29.6 Å². The minimum absolute atomic E-state index is 0.00712. The van der Waals surface area contributed by atoms with Crippen molar-refractivity contribution in [3.05, 3.63) is 65.7 Å². The van der Waals surface area contributed by atoms with Crippen molar-refractivity contribution < 1.29 is 66.5 Å². The average Bonchev–Trinajstić information content (AvgIpc) is 3.29. The molecule has 14 heteroatoms. The molecule has 65 heavy (non-hydrogen) atoms. The number of carbonyl (C=O) groups excluding carboxylic acids is 4. The molecule has 366 valence electrons. The smallest absolute Gasteiger partial charge is 0.308 e. The summed E-state index contributed by atoms with van der Waals surface area (Å²) >= 11 is 0. The molecule has 0 amide bonds. The minimum atomic E-state index is -0.955. The summed E-state index contributed by atoms with van der Waals surface area (Å²) in [5.74, 6) is -0.315. The molecular formula is C51H78O14. The van der Waals surface area contributed by atoms with Gasteiger partial charge in [0.25, 0.3) is 0 Å². The topological polar surface area (TPSA) is 161 Å². The highest BCUT2D eigenvalue weighted by Crippen LogP contribution is 2.36. The van der Waals surface area contributed by atoms with Crippen molar-refractivity contribution in [1.29, 1.82) is 0 Å². The fourth-order valence-electron chi connectivity index (χ4n) is 7.56. The van der Waals surface area contributed by atoms with E-state index in [4.69, 9.17) is 42.6 Å². The molecule has 0 saturated carbocycles. The Morgan fingerprint density at radius 3 is 1.40 bits per heavy atom. The number of hydrogen-bond donors (Lipinski definition) is 0. The third kappa shape index (κ3) is 16.9. The lowest BCUT2D eigenvalue weighted by atomic mass is 9.88. The molecule has 3 aliphatic heterocycles. The summed E-state index contributed by atoms with van der Waals surface area (Å²) < 4.78 is 58.5. The summed E-state index contributed by atoms with van der Waals surface area (Å²) in [5, 5.41) is 0. The second-order valence-corrected chi connectivity index (χ2v) is 17.8. The highest BCUT2D eigenvalue weighted by Gasteiger charge is 2.49. The fourth-order valence-corrected chi connectivity index (χ4v) is 7.56. The summed E-state index contributed by atoms with van der Waals surface area (Å²) in [7, 11) is 1.41. The van der Waals surface area contributed by atoms with E-state index in [-0.39, 0.29) is 48.8 Å². The second kappa shape index (κ2) is 27.5. The predicted octanol–water partition coefficient (Wildman–Crippen LogP) is 9.16. The molecular weight excluding hydrogens is 837 g/mol. The molecule has 0 N–H and O–H groups in total. The third-order valence-electron chi connectivity index (χ3n) is 12.8. The predicted molar refractivity (Wildman–Crippen MR) is 245 cm³/mol. The van der Waals surface area contributed by atoms with Crippen LogP contribution >= 0.6 is 0 Å². The number of carbonyl (C=O) groups is 4. The number of benzene rings is 2. The molecule has 0 aliphatic carbocycles. The highest BCUT2D eigenvalue weighted by molar-refractivity contribution is 5.71. The van der Waals surface area contributed by atoms with Crippen LogP contribution < -0.4 is 4.74 Å². The number of hydrogen-bond acceptors (Lipinski definition) is 14. The van der Waals surface area contributed by atoms with Crippen LogP contribution in [0.3, 0.4) is 0 Å². The van der Waals surface area contributed by atoms with Gasteiger partial charge in [-0.25, -0.2) is 0 Å². The van der Waals surface area contributed by atoms with Crippen molar-refractivity contribution in [2.45, 2.75) is 170 Å². The molecule has 14 nitrogen and oxygen atoms in total. The Hall–Kier alpha value is -4.08. The van der Waals surface area contributed by atoms with Gasteiger partial charge < -0.3 is 47.4 Å². The van der Waals surface area contributed by atoms with E-state index in [1.54, 1.807) is 0 Å². The Kier molecular flexibility index (Phi) is 23.4. The van der Waals surface area contributed by atoms with Gasteiger partial charge in [-0.05, 0) is 60.3 Å². The maximum Gasteiger partial charge on any atom is 0.308 e. The third-order valence-corrected chi connectivity index (χ3v) is 12.8. The van der Waals surface area contributed by atoms with Crippen molar-refractivity contribution >= 4 is 23.9 Å². The van der Waals surface area contributed by atoms with Crippen molar-refractivity contribution in [2.24, 2.45) is 29.6 Å². The van der Waals surface area contributed by atoms with E-state index in [1.165, 1.54) is 45.4 Å². The van der Waals surface area contributed by atoms with Crippen LogP contribution in [0.15, 0.2) is 54.6 Å². The molecule has 0 spiro atoms. The van der Waals surface area contributed by atoms with Crippen molar-refractivity contribution in [1.82, 2.24) is 0 Å². The Labute approximate surface area is 387 Å². The summed E-state index contributed by atoms with van der Waals surface area (Å²) in [4.78, 5) is 46.7. The van der Waals surface area contributed by atoms with Gasteiger partial charge in [0.15, 0.2) is 30.9 Å². The van der Waals surface area contributed by atoms with E-state index in [1.807, 2.05) is 65.8 Å². The standard InChI is InChI=1S/C35H52O12.C10H14.C6H12O2/c1-10-18(2)26-11-13-27(14-12-26)45-33-31(43-24(8)37)21(5)28(16-40-33)47-35-32(44-25(9)38)22(6)29(17-41-35)46-34-30(42-23(7)36)20(4)19(3)15-39-34;1-3-9(2)10-7-5-4-6-8-10;1-4-5(2)6(7)8-3/h11-14,18-22,28-35H,10,15-17H2,1-9H3;4-9H,3H2,1-2H3;5H,4H2,1-3H3. The van der Waals surface area contributed by atoms with Gasteiger partial charge in [0.05, 0.1) is 45.1 Å². The lowest BCUT2D eigenvalue weighted by molar-refractivity contribution is -0.331. The molecule has 2 aromatic carbocycles. The molecule has 0 radical (unpaired) electrons. The Morgan fingerprint density at radius 1 is 0.569 bits per heavy atom. The van der Waals surface area contributed by atoms with Gasteiger partial charge in [-0.15, -0.1) is 0 Å². The number of methoxy groups -OCH3 is 1. The minimum Gasteiger partial charge on any atom is -0.469 e. The lowest BCUT2D eigenvalue weighted by Gasteiger charge is -2.46. The Bertz CT molecular complexity index is 1720. The molecule has 2 aromatic rings. The first-order chi connectivity index (χ1) is 30.8. The van der Waals surface area contributed by atoms with Crippen LogP contribution in [0.5, 0.6) is 5.75 Å². The fraction of sp³-hybridized carbons (Fsp3) is 0.686. The van der Waals surface area contributed by atoms with Gasteiger partial charge in [0, 0.05) is 38.5 Å². The molecule has 15 atom stereocenters. The van der Waals surface area contributed by atoms with Crippen LogP contribution in [0.25, 0.3) is 0 Å². The van der Waals surface area contributed by atoms with Crippen LogP contribution in [-0.4, -0.2) is 100 Å². The molecule has 3 fully saturated rings. The van der Waals surface area contributed by atoms with Crippen molar-refractivity contribution in [3.63, 3.8) is 0 Å². The zero-order valence-corrected chi connectivity index (χ0v) is 41.3. The number of rotatable bonds is 15. The van der Waals surface area contributed by atoms with Crippen molar-refractivity contribution in [2.75, 3.05) is 26.9 Å². The second-order valence-electron chi connectivity index (χ2n) is 17.8. The van der Waals surface area contributed by atoms with E-state index in [2.05, 4.69) is 62.8 Å². The summed E-state index contributed by atoms with van der Waals surface area (Å²) in [5.41, 5.74) is 2.66. The number of ether oxygens (including phenoxy) is 10.